The lowest BCUT2D eigenvalue weighted by atomic mass is 10.0. The Morgan fingerprint density at radius 2 is 0.818 bits per heavy atom. The van der Waals surface area contributed by atoms with Crippen LogP contribution < -0.4 is 0 Å². The van der Waals surface area contributed by atoms with Gasteiger partial charge in [-0.1, -0.05) is 104 Å². The van der Waals surface area contributed by atoms with Gasteiger partial charge in [0.2, 0.25) is 0 Å². The van der Waals surface area contributed by atoms with E-state index in [1.54, 1.807) is 0 Å². The molecule has 134 valence electrons. The molecule has 2 N–H and O–H groups in total. The first kappa shape index (κ1) is 21.9. The molecule has 0 aromatic rings. The Morgan fingerprint density at radius 3 is 1.23 bits per heavy atom. The van der Waals surface area contributed by atoms with Gasteiger partial charge in [-0.3, -0.25) is 0 Å². The van der Waals surface area contributed by atoms with Gasteiger partial charge in [0.15, 0.2) is 0 Å². The van der Waals surface area contributed by atoms with Crippen molar-refractivity contribution in [2.24, 2.45) is 0 Å². The topological polar surface area (TPSA) is 40.5 Å². The molecule has 0 spiro atoms. The highest BCUT2D eigenvalue weighted by molar-refractivity contribution is 4.66. The zero-order chi connectivity index (χ0) is 16.5. The standard InChI is InChI=1S/C20H42O2/c1-3-5-6-7-8-9-10-11-12-13-14-15-16-18-20(22)19(21)17-4-2/h19-22H,3-18H2,1-2H3/t19-,20-/m1/s1. The van der Waals surface area contributed by atoms with E-state index in [0.717, 1.165) is 25.7 Å². The van der Waals surface area contributed by atoms with Crippen LogP contribution in [0.5, 0.6) is 0 Å². The number of aliphatic hydroxyl groups excluding tert-OH is 2. The van der Waals surface area contributed by atoms with Crippen molar-refractivity contribution in [3.05, 3.63) is 0 Å². The number of aliphatic hydroxyl groups is 2. The summed E-state index contributed by atoms with van der Waals surface area (Å²) in [6.45, 7) is 4.31. The highest BCUT2D eigenvalue weighted by Crippen LogP contribution is 2.14. The molecule has 2 heteroatoms. The molecule has 0 unspecified atom stereocenters. The van der Waals surface area contributed by atoms with Crippen LogP contribution in [-0.2, 0) is 0 Å². The number of unbranched alkanes of at least 4 members (excludes halogenated alkanes) is 12. The maximum Gasteiger partial charge on any atom is 0.0799 e. The van der Waals surface area contributed by atoms with Crippen LogP contribution in [0.1, 0.15) is 117 Å². The van der Waals surface area contributed by atoms with Crippen LogP contribution in [0, 0.1) is 0 Å². The molecule has 22 heavy (non-hydrogen) atoms. The van der Waals surface area contributed by atoms with E-state index in [1.807, 2.05) is 6.92 Å². The van der Waals surface area contributed by atoms with E-state index in [1.165, 1.54) is 77.0 Å². The Hall–Kier alpha value is -0.0800. The molecule has 0 heterocycles. The fraction of sp³-hybridized carbons (Fsp3) is 1.00. The highest BCUT2D eigenvalue weighted by Gasteiger charge is 2.14. The normalized spacial score (nSPS) is 14.2. The minimum atomic E-state index is -0.512. The van der Waals surface area contributed by atoms with Crippen molar-refractivity contribution < 1.29 is 10.2 Å². The minimum Gasteiger partial charge on any atom is -0.390 e. The van der Waals surface area contributed by atoms with Gasteiger partial charge >= 0.3 is 0 Å². The van der Waals surface area contributed by atoms with Gasteiger partial charge in [0.25, 0.3) is 0 Å². The summed E-state index contributed by atoms with van der Waals surface area (Å²) in [6, 6.07) is 0. The molecule has 0 aliphatic rings. The zero-order valence-electron chi connectivity index (χ0n) is 15.4. The molecule has 2 nitrogen and oxygen atoms in total. The third kappa shape index (κ3) is 14.8. The summed E-state index contributed by atoms with van der Waals surface area (Å²) in [7, 11) is 0. The van der Waals surface area contributed by atoms with Crippen molar-refractivity contribution in [3.8, 4) is 0 Å². The van der Waals surface area contributed by atoms with Gasteiger partial charge in [-0.05, 0) is 12.8 Å². The molecule has 0 radical (unpaired) electrons. The van der Waals surface area contributed by atoms with E-state index >= 15 is 0 Å². The molecule has 0 saturated carbocycles. The van der Waals surface area contributed by atoms with Crippen LogP contribution in [0.3, 0.4) is 0 Å². The van der Waals surface area contributed by atoms with Crippen LogP contribution in [0.25, 0.3) is 0 Å². The quantitative estimate of drug-likeness (QED) is 0.324. The molecule has 0 amide bonds. The van der Waals surface area contributed by atoms with Gasteiger partial charge in [-0.2, -0.15) is 0 Å². The first-order valence-electron chi connectivity index (χ1n) is 10.1. The second kappa shape index (κ2) is 17.3. The largest absolute Gasteiger partial charge is 0.390 e. The molecule has 0 aromatic heterocycles. The molecule has 0 aromatic carbocycles. The molecule has 0 bridgehead atoms. The smallest absolute Gasteiger partial charge is 0.0799 e. The summed E-state index contributed by atoms with van der Waals surface area (Å²) >= 11 is 0. The fourth-order valence-corrected chi connectivity index (χ4v) is 3.05. The molecular weight excluding hydrogens is 272 g/mol. The van der Waals surface area contributed by atoms with Gasteiger partial charge in [-0.15, -0.1) is 0 Å². The van der Waals surface area contributed by atoms with Gasteiger partial charge < -0.3 is 10.2 Å². The Balaban J connectivity index is 3.14. The third-order valence-corrected chi connectivity index (χ3v) is 4.63. The fourth-order valence-electron chi connectivity index (χ4n) is 3.05. The number of hydrogen-bond donors (Lipinski definition) is 2. The SMILES string of the molecule is CCCCCCCCCCCCCCC[C@@H](O)[C@H](O)CCC. The third-order valence-electron chi connectivity index (χ3n) is 4.63. The number of hydrogen-bond acceptors (Lipinski definition) is 2. The van der Waals surface area contributed by atoms with Crippen molar-refractivity contribution in [1.82, 2.24) is 0 Å². The van der Waals surface area contributed by atoms with E-state index in [9.17, 15) is 10.2 Å². The summed E-state index contributed by atoms with van der Waals surface area (Å²) in [6.07, 6.45) is 18.9. The summed E-state index contributed by atoms with van der Waals surface area (Å²) in [4.78, 5) is 0. The maximum atomic E-state index is 9.78. The van der Waals surface area contributed by atoms with Crippen molar-refractivity contribution in [3.63, 3.8) is 0 Å². The van der Waals surface area contributed by atoms with Crippen molar-refractivity contribution in [2.75, 3.05) is 0 Å². The second-order valence-corrected chi connectivity index (χ2v) is 6.95. The van der Waals surface area contributed by atoms with E-state index in [0.29, 0.717) is 0 Å². The van der Waals surface area contributed by atoms with Crippen LogP contribution in [0.15, 0.2) is 0 Å². The number of rotatable bonds is 17. The lowest BCUT2D eigenvalue weighted by Gasteiger charge is -2.16. The van der Waals surface area contributed by atoms with Crippen molar-refractivity contribution in [1.29, 1.82) is 0 Å². The van der Waals surface area contributed by atoms with Crippen LogP contribution >= 0.6 is 0 Å². The Morgan fingerprint density at radius 1 is 0.455 bits per heavy atom. The molecular formula is C20H42O2. The average molecular weight is 315 g/mol. The molecule has 2 atom stereocenters. The maximum absolute atomic E-state index is 9.78. The molecule has 0 fully saturated rings. The van der Waals surface area contributed by atoms with E-state index in [4.69, 9.17) is 0 Å². The second-order valence-electron chi connectivity index (χ2n) is 6.95. The van der Waals surface area contributed by atoms with E-state index in [2.05, 4.69) is 6.92 Å². The summed E-state index contributed by atoms with van der Waals surface area (Å²) < 4.78 is 0. The first-order valence-corrected chi connectivity index (χ1v) is 10.1. The first-order chi connectivity index (χ1) is 10.7. The van der Waals surface area contributed by atoms with Gasteiger partial charge in [0.05, 0.1) is 12.2 Å². The summed E-state index contributed by atoms with van der Waals surface area (Å²) in [5.41, 5.74) is 0. The van der Waals surface area contributed by atoms with Crippen LogP contribution in [0.2, 0.25) is 0 Å². The van der Waals surface area contributed by atoms with Crippen molar-refractivity contribution >= 4 is 0 Å². The predicted octanol–water partition coefficient (Wildman–Crippen LogP) is 5.99. The zero-order valence-corrected chi connectivity index (χ0v) is 15.4. The summed E-state index contributed by atoms with van der Waals surface area (Å²) in [5.74, 6) is 0. The predicted molar refractivity (Wildman–Crippen MR) is 97.2 cm³/mol. The minimum absolute atomic E-state index is 0.507. The molecule has 0 aliphatic heterocycles. The lowest BCUT2D eigenvalue weighted by molar-refractivity contribution is 0.00816. The van der Waals surface area contributed by atoms with E-state index < -0.39 is 12.2 Å². The summed E-state index contributed by atoms with van der Waals surface area (Å²) in [5, 5.41) is 19.4. The van der Waals surface area contributed by atoms with Gasteiger partial charge in [0, 0.05) is 0 Å². The van der Waals surface area contributed by atoms with Gasteiger partial charge in [-0.25, -0.2) is 0 Å². The molecule has 0 rings (SSSR count). The van der Waals surface area contributed by atoms with Crippen molar-refractivity contribution in [2.45, 2.75) is 129 Å². The lowest BCUT2D eigenvalue weighted by Crippen LogP contribution is -2.25. The van der Waals surface area contributed by atoms with Gasteiger partial charge in [0.1, 0.15) is 0 Å². The van der Waals surface area contributed by atoms with Crippen LogP contribution in [-0.4, -0.2) is 22.4 Å². The van der Waals surface area contributed by atoms with E-state index in [-0.39, 0.29) is 0 Å². The molecule has 0 aliphatic carbocycles. The molecule has 0 saturated heterocycles. The Labute approximate surface area is 139 Å². The monoisotopic (exact) mass is 314 g/mol. The van der Waals surface area contributed by atoms with Crippen LogP contribution in [0.4, 0.5) is 0 Å². The Kier molecular flexibility index (Phi) is 17.2. The average Bonchev–Trinajstić information content (AvgIpc) is 2.51. The Bertz CT molecular complexity index is 206. The highest BCUT2D eigenvalue weighted by atomic mass is 16.3.